The summed E-state index contributed by atoms with van der Waals surface area (Å²) in [5.74, 6) is 1.47. The predicted octanol–water partition coefficient (Wildman–Crippen LogP) is 8.85. The van der Waals surface area contributed by atoms with Gasteiger partial charge in [-0.2, -0.15) is 0 Å². The third-order valence-corrected chi connectivity index (χ3v) is 5.99. The molecule has 0 spiro atoms. The van der Waals surface area contributed by atoms with Gasteiger partial charge in [0.2, 0.25) is 0 Å². The molecule has 0 saturated heterocycles. The van der Waals surface area contributed by atoms with Crippen molar-refractivity contribution in [1.29, 1.82) is 0 Å². The van der Waals surface area contributed by atoms with Crippen molar-refractivity contribution in [3.8, 4) is 11.5 Å². The molecular formula is C28H50O2. The maximum Gasteiger partial charge on any atom is 0.123 e. The summed E-state index contributed by atoms with van der Waals surface area (Å²) in [4.78, 5) is 0. The average Bonchev–Trinajstić information content (AvgIpc) is 3.02. The Kier molecular flexibility index (Phi) is 10.8. The fraction of sp³-hybridized carbons (Fsp3) is 0.786. The van der Waals surface area contributed by atoms with Gasteiger partial charge in [-0.05, 0) is 29.7 Å². The number of aromatic hydroxyl groups is 1. The Morgan fingerprint density at radius 3 is 1.83 bits per heavy atom. The first-order valence-electron chi connectivity index (χ1n) is 12.5. The fourth-order valence-electron chi connectivity index (χ4n) is 4.28. The van der Waals surface area contributed by atoms with Crippen LogP contribution in [0.4, 0.5) is 0 Å². The van der Waals surface area contributed by atoms with Gasteiger partial charge in [0.05, 0.1) is 0 Å². The van der Waals surface area contributed by atoms with E-state index in [9.17, 15) is 5.11 Å². The van der Waals surface area contributed by atoms with Crippen molar-refractivity contribution in [2.24, 2.45) is 0 Å². The molecule has 0 aromatic heterocycles. The smallest absolute Gasteiger partial charge is 0.123 e. The molecule has 2 rings (SSSR count). The van der Waals surface area contributed by atoms with Gasteiger partial charge in [0, 0.05) is 23.1 Å². The van der Waals surface area contributed by atoms with E-state index in [1.807, 2.05) is 0 Å². The number of fused-ring (bicyclic) bond motifs is 1. The molecular weight excluding hydrogens is 368 g/mol. The van der Waals surface area contributed by atoms with Crippen LogP contribution in [0.15, 0.2) is 6.07 Å². The Morgan fingerprint density at radius 2 is 1.37 bits per heavy atom. The highest BCUT2D eigenvalue weighted by molar-refractivity contribution is 5.59. The summed E-state index contributed by atoms with van der Waals surface area (Å²) < 4.78 is 6.27. The van der Waals surface area contributed by atoms with Gasteiger partial charge < -0.3 is 9.84 Å². The number of phenols is 1. The zero-order chi connectivity index (χ0) is 22.9. The molecule has 0 bridgehead atoms. The summed E-state index contributed by atoms with van der Waals surface area (Å²) in [5, 5.41) is 11.0. The Labute approximate surface area is 187 Å². The van der Waals surface area contributed by atoms with Crippen LogP contribution in [-0.2, 0) is 17.3 Å². The van der Waals surface area contributed by atoms with Crippen LogP contribution in [0.5, 0.6) is 11.5 Å². The molecule has 1 heterocycles. The molecule has 0 fully saturated rings. The Morgan fingerprint density at radius 1 is 0.833 bits per heavy atom. The molecule has 1 unspecified atom stereocenters. The minimum absolute atomic E-state index is 0.0862. The van der Waals surface area contributed by atoms with Gasteiger partial charge >= 0.3 is 0 Å². The lowest BCUT2D eigenvalue weighted by Crippen LogP contribution is -2.19. The van der Waals surface area contributed by atoms with Crippen LogP contribution in [0.25, 0.3) is 0 Å². The quantitative estimate of drug-likeness (QED) is 0.427. The van der Waals surface area contributed by atoms with E-state index in [1.54, 1.807) is 0 Å². The van der Waals surface area contributed by atoms with Crippen molar-refractivity contribution >= 4 is 0 Å². The molecule has 2 heteroatoms. The van der Waals surface area contributed by atoms with Crippen LogP contribution in [0.2, 0.25) is 0 Å². The first-order chi connectivity index (χ1) is 14.0. The molecule has 0 radical (unpaired) electrons. The maximum atomic E-state index is 11.0. The average molecular weight is 419 g/mol. The third kappa shape index (κ3) is 7.82. The summed E-state index contributed by atoms with van der Waals surface area (Å²) in [7, 11) is 0. The Hall–Kier alpha value is -1.18. The first kappa shape index (κ1) is 26.9. The van der Waals surface area contributed by atoms with E-state index in [-0.39, 0.29) is 16.9 Å². The molecule has 1 atom stereocenters. The van der Waals surface area contributed by atoms with E-state index in [1.165, 1.54) is 56.9 Å². The fourth-order valence-corrected chi connectivity index (χ4v) is 4.28. The van der Waals surface area contributed by atoms with Gasteiger partial charge in [-0.1, -0.05) is 107 Å². The molecule has 0 amide bonds. The minimum atomic E-state index is -0.0945. The van der Waals surface area contributed by atoms with Crippen molar-refractivity contribution in [2.75, 3.05) is 0 Å². The molecule has 0 aliphatic carbocycles. The Bertz CT molecular complexity index is 628. The lowest BCUT2D eigenvalue weighted by Gasteiger charge is -2.29. The van der Waals surface area contributed by atoms with Gasteiger partial charge in [-0.15, -0.1) is 0 Å². The second-order valence-electron chi connectivity index (χ2n) is 11.1. The molecule has 1 N–H and O–H groups in total. The summed E-state index contributed by atoms with van der Waals surface area (Å²) in [6.45, 7) is 19.7. The van der Waals surface area contributed by atoms with Gasteiger partial charge in [0.1, 0.15) is 17.6 Å². The van der Waals surface area contributed by atoms with Crippen molar-refractivity contribution in [3.05, 3.63) is 22.8 Å². The van der Waals surface area contributed by atoms with Crippen LogP contribution in [0.1, 0.15) is 137 Å². The maximum absolute atomic E-state index is 11.0. The predicted molar refractivity (Wildman–Crippen MR) is 132 cm³/mol. The lowest BCUT2D eigenvalue weighted by atomic mass is 9.76. The van der Waals surface area contributed by atoms with Crippen molar-refractivity contribution in [3.63, 3.8) is 0 Å². The monoisotopic (exact) mass is 418 g/mol. The van der Waals surface area contributed by atoms with E-state index in [0.29, 0.717) is 5.75 Å². The number of phenolic OH excluding ortho intramolecular Hbond substituents is 1. The van der Waals surface area contributed by atoms with E-state index in [2.05, 4.69) is 68.4 Å². The van der Waals surface area contributed by atoms with Gasteiger partial charge in [-0.3, -0.25) is 0 Å². The van der Waals surface area contributed by atoms with Crippen LogP contribution < -0.4 is 4.74 Å². The summed E-state index contributed by atoms with van der Waals surface area (Å²) in [5.41, 5.74) is 3.12. The largest absolute Gasteiger partial charge is 0.507 e. The zero-order valence-electron chi connectivity index (χ0n) is 21.6. The van der Waals surface area contributed by atoms with Crippen LogP contribution in [-0.4, -0.2) is 11.2 Å². The Balaban J connectivity index is 0.000000553. The topological polar surface area (TPSA) is 29.5 Å². The lowest BCUT2D eigenvalue weighted by molar-refractivity contribution is 0.216. The number of ether oxygens (including phenoxy) is 1. The minimum Gasteiger partial charge on any atom is -0.507 e. The second-order valence-corrected chi connectivity index (χ2v) is 11.1. The number of rotatable bonds is 8. The van der Waals surface area contributed by atoms with Crippen LogP contribution >= 0.6 is 0 Å². The molecule has 0 saturated carbocycles. The summed E-state index contributed by atoms with van der Waals surface area (Å²) in [6, 6.07) is 2.08. The molecule has 2 nitrogen and oxygen atoms in total. The van der Waals surface area contributed by atoms with Crippen LogP contribution in [0, 0.1) is 0 Å². The molecule has 174 valence electrons. The molecule has 30 heavy (non-hydrogen) atoms. The molecule has 1 aliphatic rings. The number of hydrogen-bond donors (Lipinski definition) is 1. The highest BCUT2D eigenvalue weighted by Gasteiger charge is 2.35. The van der Waals surface area contributed by atoms with E-state index in [4.69, 9.17) is 4.74 Å². The third-order valence-electron chi connectivity index (χ3n) is 5.99. The van der Waals surface area contributed by atoms with Gasteiger partial charge in [0.25, 0.3) is 0 Å². The normalized spacial score (nSPS) is 16.0. The van der Waals surface area contributed by atoms with Gasteiger partial charge in [-0.25, -0.2) is 0 Å². The van der Waals surface area contributed by atoms with Crippen molar-refractivity contribution in [2.45, 2.75) is 143 Å². The van der Waals surface area contributed by atoms with Crippen molar-refractivity contribution < 1.29 is 9.84 Å². The first-order valence-corrected chi connectivity index (χ1v) is 12.5. The molecule has 1 aromatic rings. The molecule has 1 aliphatic heterocycles. The standard InChI is InChI=1S/C21H34O2.C7H16/c1-8-9-10-11-14-12-15-17(23-14)13-16(20(2,3)4)19(22)18(15)21(5,6)7;1-3-5-7-6-4-2/h13-14,22H,8-12H2,1-7H3;3-7H2,1-2H3. The van der Waals surface area contributed by atoms with Crippen LogP contribution in [0.3, 0.4) is 0 Å². The van der Waals surface area contributed by atoms with E-state index < -0.39 is 0 Å². The highest BCUT2D eigenvalue weighted by atomic mass is 16.5. The SMILES string of the molecule is CCCCCC1Cc2c(cc(C(C)(C)C)c(O)c2C(C)(C)C)O1.CCCCCCC. The summed E-state index contributed by atoms with van der Waals surface area (Å²) in [6.07, 6.45) is 13.0. The number of hydrogen-bond acceptors (Lipinski definition) is 2. The number of benzene rings is 1. The van der Waals surface area contributed by atoms with E-state index >= 15 is 0 Å². The summed E-state index contributed by atoms with van der Waals surface area (Å²) >= 11 is 0. The van der Waals surface area contributed by atoms with Gasteiger partial charge in [0.15, 0.2) is 0 Å². The highest BCUT2D eigenvalue weighted by Crippen LogP contribution is 2.48. The van der Waals surface area contributed by atoms with Crippen molar-refractivity contribution in [1.82, 2.24) is 0 Å². The van der Waals surface area contributed by atoms with E-state index in [0.717, 1.165) is 29.7 Å². The molecule has 1 aromatic carbocycles. The zero-order valence-corrected chi connectivity index (χ0v) is 21.6. The number of unbranched alkanes of at least 4 members (excludes halogenated alkanes) is 6. The second kappa shape index (κ2) is 12.0.